The number of piperidine rings is 2. The fraction of sp³-hybridized carbons (Fsp3) is 0.741. The zero-order chi connectivity index (χ0) is 27.2. The Kier molecular flexibility index (Phi) is 7.35. The molecule has 2 saturated heterocycles. The van der Waals surface area contributed by atoms with Crippen LogP contribution in [0.15, 0.2) is 24.0 Å². The molecule has 10 heteroatoms. The summed E-state index contributed by atoms with van der Waals surface area (Å²) < 4.78 is 18.6. The number of allylic oxidation sites excluding steroid dienone is 4. The van der Waals surface area contributed by atoms with Crippen LogP contribution in [0.2, 0.25) is 0 Å². The van der Waals surface area contributed by atoms with Crippen molar-refractivity contribution < 1.29 is 24.6 Å². The highest BCUT2D eigenvalue weighted by Gasteiger charge is 2.47. The molecule has 0 atom stereocenters. The summed E-state index contributed by atoms with van der Waals surface area (Å²) in [7, 11) is 0. The normalized spacial score (nSPS) is 25.9. The minimum Gasteiger partial charge on any atom is -0.460 e. The lowest BCUT2D eigenvalue weighted by Gasteiger charge is -2.51. The van der Waals surface area contributed by atoms with E-state index in [0.717, 1.165) is 18.6 Å². The molecule has 37 heavy (non-hydrogen) atoms. The van der Waals surface area contributed by atoms with Gasteiger partial charge in [-0.15, -0.1) is 15.0 Å². The van der Waals surface area contributed by atoms with Crippen molar-refractivity contribution in [1.29, 1.82) is 0 Å². The first-order chi connectivity index (χ1) is 17.1. The van der Waals surface area contributed by atoms with Crippen molar-refractivity contribution in [3.8, 4) is 18.0 Å². The average molecular weight is 518 g/mol. The maximum Gasteiger partial charge on any atom is 0.331 e. The number of rotatable bonds is 6. The predicted molar refractivity (Wildman–Crippen MR) is 138 cm³/mol. The summed E-state index contributed by atoms with van der Waals surface area (Å²) in [5.74, 6) is 0.761. The van der Waals surface area contributed by atoms with Crippen LogP contribution in [0.4, 0.5) is 0 Å². The Morgan fingerprint density at radius 1 is 0.703 bits per heavy atom. The molecule has 1 aromatic rings. The maximum atomic E-state index is 10.7. The smallest absolute Gasteiger partial charge is 0.331 e. The van der Waals surface area contributed by atoms with Gasteiger partial charge in [-0.05, 0) is 67.9 Å². The molecule has 3 heterocycles. The highest BCUT2D eigenvalue weighted by atomic mass is 16.5. The van der Waals surface area contributed by atoms with Gasteiger partial charge in [-0.1, -0.05) is 12.2 Å². The Balaban J connectivity index is 1.60. The van der Waals surface area contributed by atoms with Crippen LogP contribution in [0.3, 0.4) is 0 Å². The molecule has 2 N–H and O–H groups in total. The molecule has 2 aliphatic heterocycles. The molecular weight excluding hydrogens is 474 g/mol. The largest absolute Gasteiger partial charge is 0.460 e. The van der Waals surface area contributed by atoms with Crippen LogP contribution in [0, 0.1) is 0 Å². The summed E-state index contributed by atoms with van der Waals surface area (Å²) in [5, 5.41) is 24.2. The highest BCUT2D eigenvalue weighted by Crippen LogP contribution is 2.40. The summed E-state index contributed by atoms with van der Waals surface area (Å²) in [6.07, 6.45) is 9.52. The van der Waals surface area contributed by atoms with E-state index in [-0.39, 0.29) is 30.2 Å². The lowest BCUT2D eigenvalue weighted by atomic mass is 9.80. The van der Waals surface area contributed by atoms with Gasteiger partial charge in [0.25, 0.3) is 0 Å². The van der Waals surface area contributed by atoms with Crippen molar-refractivity contribution in [2.45, 2.75) is 128 Å². The summed E-state index contributed by atoms with van der Waals surface area (Å²) in [6.45, 7) is 15.9. The van der Waals surface area contributed by atoms with E-state index in [4.69, 9.17) is 14.2 Å². The molecule has 4 rings (SSSR count). The number of hydroxylamine groups is 4. The summed E-state index contributed by atoms with van der Waals surface area (Å²) in [6, 6.07) is 0.388. The molecular formula is C27H43N5O5. The van der Waals surface area contributed by atoms with Crippen molar-refractivity contribution in [3.05, 3.63) is 24.0 Å². The van der Waals surface area contributed by atoms with Crippen molar-refractivity contribution in [2.75, 3.05) is 0 Å². The van der Waals surface area contributed by atoms with Crippen LogP contribution in [-0.2, 0) is 0 Å². The molecule has 0 unspecified atom stereocenters. The third-order valence-corrected chi connectivity index (χ3v) is 7.52. The zero-order valence-corrected chi connectivity index (χ0v) is 23.5. The van der Waals surface area contributed by atoms with Crippen LogP contribution in [0.1, 0.15) is 93.9 Å². The van der Waals surface area contributed by atoms with Crippen molar-refractivity contribution in [2.24, 2.45) is 0 Å². The van der Waals surface area contributed by atoms with Gasteiger partial charge in [0.1, 0.15) is 18.0 Å². The molecule has 1 aromatic heterocycles. The molecule has 0 saturated carbocycles. The van der Waals surface area contributed by atoms with Gasteiger partial charge in [-0.25, -0.2) is 0 Å². The van der Waals surface area contributed by atoms with Crippen LogP contribution in [0.5, 0.6) is 18.0 Å². The number of nitrogens with zero attached hydrogens (tertiary/aromatic N) is 5. The second-order valence-electron chi connectivity index (χ2n) is 13.1. The molecule has 0 radical (unpaired) electrons. The number of hydrogen-bond acceptors (Lipinski definition) is 10. The first kappa shape index (κ1) is 27.8. The Morgan fingerprint density at radius 3 is 1.49 bits per heavy atom. The van der Waals surface area contributed by atoms with E-state index in [2.05, 4.69) is 21.0 Å². The van der Waals surface area contributed by atoms with E-state index in [1.165, 1.54) is 10.1 Å². The first-order valence-electron chi connectivity index (χ1n) is 13.2. The zero-order valence-electron chi connectivity index (χ0n) is 23.5. The molecule has 1 aliphatic carbocycles. The number of ether oxygens (including phenoxy) is 3. The third-order valence-electron chi connectivity index (χ3n) is 7.52. The summed E-state index contributed by atoms with van der Waals surface area (Å²) >= 11 is 0. The SMILES string of the molecule is CC1(C)CC(Oc2nc(OC3=CC=CCC3)nc(OC3CC(C)(C)N(O)C(C)(C)C3)n2)CC(C)(C)N1O. The van der Waals surface area contributed by atoms with Gasteiger partial charge < -0.3 is 24.6 Å². The molecule has 0 amide bonds. The van der Waals surface area contributed by atoms with Crippen LogP contribution >= 0.6 is 0 Å². The maximum absolute atomic E-state index is 10.7. The second kappa shape index (κ2) is 9.80. The molecule has 0 bridgehead atoms. The number of aromatic nitrogens is 3. The van der Waals surface area contributed by atoms with Gasteiger partial charge in [-0.3, -0.25) is 0 Å². The van der Waals surface area contributed by atoms with Gasteiger partial charge in [0.15, 0.2) is 0 Å². The molecule has 206 valence electrons. The predicted octanol–water partition coefficient (Wildman–Crippen LogP) is 5.06. The van der Waals surface area contributed by atoms with E-state index >= 15 is 0 Å². The molecule has 3 aliphatic rings. The van der Waals surface area contributed by atoms with Crippen LogP contribution in [-0.4, -0.2) is 69.9 Å². The van der Waals surface area contributed by atoms with E-state index in [0.29, 0.717) is 25.7 Å². The second-order valence-corrected chi connectivity index (χ2v) is 13.1. The molecule has 0 spiro atoms. The molecule has 0 aromatic carbocycles. The monoisotopic (exact) mass is 517 g/mol. The van der Waals surface area contributed by atoms with Gasteiger partial charge in [0, 0.05) is 54.3 Å². The minimum absolute atomic E-state index is 0.123. The van der Waals surface area contributed by atoms with E-state index in [9.17, 15) is 10.4 Å². The highest BCUT2D eigenvalue weighted by molar-refractivity contribution is 5.18. The Bertz CT molecular complexity index is 953. The first-order valence-corrected chi connectivity index (χ1v) is 13.2. The van der Waals surface area contributed by atoms with Gasteiger partial charge in [-0.2, -0.15) is 10.1 Å². The average Bonchev–Trinajstić information content (AvgIpc) is 2.75. The summed E-state index contributed by atoms with van der Waals surface area (Å²) in [5.41, 5.74) is -1.92. The lowest BCUT2D eigenvalue weighted by Crippen LogP contribution is -2.61. The fourth-order valence-electron chi connectivity index (χ4n) is 6.08. The third kappa shape index (κ3) is 6.25. The Morgan fingerprint density at radius 2 is 1.11 bits per heavy atom. The minimum atomic E-state index is -0.479. The van der Waals surface area contributed by atoms with E-state index in [1.807, 2.05) is 67.5 Å². The Labute approximate surface area is 220 Å². The molecule has 10 nitrogen and oxygen atoms in total. The summed E-state index contributed by atoms with van der Waals surface area (Å²) in [4.78, 5) is 13.4. The topological polar surface area (TPSA) is 113 Å². The van der Waals surface area contributed by atoms with E-state index in [1.54, 1.807) is 0 Å². The van der Waals surface area contributed by atoms with E-state index < -0.39 is 22.2 Å². The Hall–Kier alpha value is -2.27. The molecule has 2 fully saturated rings. The quantitative estimate of drug-likeness (QED) is 0.530. The van der Waals surface area contributed by atoms with Gasteiger partial charge >= 0.3 is 18.0 Å². The van der Waals surface area contributed by atoms with Crippen LogP contribution < -0.4 is 14.2 Å². The van der Waals surface area contributed by atoms with Gasteiger partial charge in [0.05, 0.1) is 0 Å². The van der Waals surface area contributed by atoms with Crippen molar-refractivity contribution in [1.82, 2.24) is 25.1 Å². The number of hydrogen-bond donors (Lipinski definition) is 2. The van der Waals surface area contributed by atoms with Crippen LogP contribution in [0.25, 0.3) is 0 Å². The van der Waals surface area contributed by atoms with Crippen molar-refractivity contribution in [3.63, 3.8) is 0 Å². The standard InChI is InChI=1S/C27H43N5O5/c1-24(2)14-19(15-25(3,4)31(24)33)36-22-28-21(35-18-12-10-9-11-13-18)29-23(30-22)37-20-16-26(5,6)32(34)27(7,8)17-20/h9-10,12,19-20,33-34H,11,13-17H2,1-8H3. The fourth-order valence-corrected chi connectivity index (χ4v) is 6.08. The lowest BCUT2D eigenvalue weighted by molar-refractivity contribution is -0.255. The van der Waals surface area contributed by atoms with Gasteiger partial charge in [0.2, 0.25) is 0 Å². The van der Waals surface area contributed by atoms with Crippen molar-refractivity contribution >= 4 is 0 Å².